The zero-order chi connectivity index (χ0) is 22.1. The normalized spacial score (nSPS) is 15.6. The van der Waals surface area contributed by atoms with Gasteiger partial charge in [0.05, 0.1) is 19.8 Å². The van der Waals surface area contributed by atoms with Gasteiger partial charge in [-0.05, 0) is 43.2 Å². The second-order valence-corrected chi connectivity index (χ2v) is 7.64. The van der Waals surface area contributed by atoms with Crippen molar-refractivity contribution in [2.24, 2.45) is 4.99 Å². The Morgan fingerprint density at radius 2 is 2.06 bits per heavy atom. The third-order valence-electron chi connectivity index (χ3n) is 4.86. The number of halogens is 1. The molecule has 0 radical (unpaired) electrons. The molecule has 0 bridgehead atoms. The molecule has 0 aromatic heterocycles. The molecule has 1 saturated heterocycles. The van der Waals surface area contributed by atoms with Gasteiger partial charge in [-0.25, -0.2) is 4.99 Å². The molecule has 1 aliphatic heterocycles. The zero-order valence-electron chi connectivity index (χ0n) is 18.9. The molecule has 1 heterocycles. The van der Waals surface area contributed by atoms with Crippen LogP contribution >= 0.6 is 24.0 Å². The summed E-state index contributed by atoms with van der Waals surface area (Å²) >= 11 is 0. The van der Waals surface area contributed by atoms with E-state index in [0.29, 0.717) is 19.7 Å². The lowest BCUT2D eigenvalue weighted by atomic mass is 10.1. The van der Waals surface area contributed by atoms with Gasteiger partial charge in [0.2, 0.25) is 5.91 Å². The number of nitrogens with one attached hydrogen (secondary N) is 3. The molecule has 0 saturated carbocycles. The van der Waals surface area contributed by atoms with Crippen molar-refractivity contribution >= 4 is 41.5 Å². The molecule has 2 aromatic rings. The highest BCUT2D eigenvalue weighted by molar-refractivity contribution is 14.0. The number of amides is 1. The van der Waals surface area contributed by atoms with E-state index >= 15 is 0 Å². The van der Waals surface area contributed by atoms with Gasteiger partial charge in [0, 0.05) is 37.7 Å². The van der Waals surface area contributed by atoms with Crippen LogP contribution in [0.3, 0.4) is 0 Å². The molecule has 0 spiro atoms. The number of ether oxygens (including phenoxy) is 2. The highest BCUT2D eigenvalue weighted by atomic mass is 127. The van der Waals surface area contributed by atoms with Crippen LogP contribution in [0.5, 0.6) is 5.75 Å². The highest BCUT2D eigenvalue weighted by Gasteiger charge is 2.18. The molecule has 1 atom stereocenters. The van der Waals surface area contributed by atoms with E-state index in [2.05, 4.69) is 41.1 Å². The molecule has 1 amide bonds. The van der Waals surface area contributed by atoms with Crippen molar-refractivity contribution in [3.05, 3.63) is 59.2 Å². The first-order valence-electron chi connectivity index (χ1n) is 10.8. The fraction of sp³-hybridized carbons (Fsp3) is 0.417. The molecule has 7 nitrogen and oxygen atoms in total. The van der Waals surface area contributed by atoms with Crippen molar-refractivity contribution in [2.75, 3.05) is 25.1 Å². The lowest BCUT2D eigenvalue weighted by Gasteiger charge is -2.18. The van der Waals surface area contributed by atoms with Crippen molar-refractivity contribution in [3.8, 4) is 5.75 Å². The van der Waals surface area contributed by atoms with Crippen LogP contribution in [0.4, 0.5) is 5.69 Å². The summed E-state index contributed by atoms with van der Waals surface area (Å²) in [6, 6.07) is 14.0. The van der Waals surface area contributed by atoms with Gasteiger partial charge in [0.25, 0.3) is 0 Å². The number of hydrogen-bond acceptors (Lipinski definition) is 4. The molecule has 0 aliphatic carbocycles. The predicted octanol–water partition coefficient (Wildman–Crippen LogP) is 3.99. The molecular formula is C24H33IN4O3. The van der Waals surface area contributed by atoms with Crippen LogP contribution in [0.1, 0.15) is 37.0 Å². The number of carbonyl (C=O) groups is 1. The average molecular weight is 552 g/mol. The number of hydrogen-bond donors (Lipinski definition) is 3. The molecule has 32 heavy (non-hydrogen) atoms. The summed E-state index contributed by atoms with van der Waals surface area (Å²) in [5.74, 6) is 1.53. The van der Waals surface area contributed by atoms with Crippen LogP contribution in [0, 0.1) is 6.92 Å². The number of carbonyl (C=O) groups excluding carboxylic acids is 1. The van der Waals surface area contributed by atoms with Gasteiger partial charge < -0.3 is 25.4 Å². The van der Waals surface area contributed by atoms with Crippen molar-refractivity contribution < 1.29 is 14.3 Å². The first kappa shape index (κ1) is 25.9. The van der Waals surface area contributed by atoms with Crippen molar-refractivity contribution in [2.45, 2.75) is 46.4 Å². The van der Waals surface area contributed by atoms with Gasteiger partial charge in [0.15, 0.2) is 5.96 Å². The van der Waals surface area contributed by atoms with E-state index in [0.717, 1.165) is 53.7 Å². The molecular weight excluding hydrogens is 519 g/mol. The van der Waals surface area contributed by atoms with Gasteiger partial charge in [-0.15, -0.1) is 24.0 Å². The Morgan fingerprint density at radius 3 is 2.78 bits per heavy atom. The Balaban J connectivity index is 0.00000363. The molecule has 8 heteroatoms. The second-order valence-electron chi connectivity index (χ2n) is 7.64. The number of nitrogens with zero attached hydrogens (tertiary/aromatic N) is 1. The minimum Gasteiger partial charge on any atom is -0.488 e. The van der Waals surface area contributed by atoms with Gasteiger partial charge in [-0.1, -0.05) is 24.3 Å². The number of aryl methyl sites for hydroxylation is 1. The summed E-state index contributed by atoms with van der Waals surface area (Å²) in [7, 11) is 0. The smallest absolute Gasteiger partial charge is 0.221 e. The Hall–Kier alpha value is -2.33. The fourth-order valence-electron chi connectivity index (χ4n) is 3.34. The molecule has 3 N–H and O–H groups in total. The topological polar surface area (TPSA) is 84.0 Å². The van der Waals surface area contributed by atoms with Crippen LogP contribution < -0.4 is 20.7 Å². The van der Waals surface area contributed by atoms with E-state index in [-0.39, 0.29) is 36.0 Å². The van der Waals surface area contributed by atoms with Gasteiger partial charge >= 0.3 is 0 Å². The minimum atomic E-state index is -0.0871. The largest absolute Gasteiger partial charge is 0.488 e. The third-order valence-corrected chi connectivity index (χ3v) is 4.86. The number of guanidine groups is 1. The van der Waals surface area contributed by atoms with Crippen LogP contribution in [-0.2, 0) is 22.6 Å². The summed E-state index contributed by atoms with van der Waals surface area (Å²) in [4.78, 5) is 16.0. The lowest BCUT2D eigenvalue weighted by molar-refractivity contribution is -0.114. The number of benzene rings is 2. The van der Waals surface area contributed by atoms with Crippen molar-refractivity contribution in [1.29, 1.82) is 0 Å². The maximum atomic E-state index is 11.3. The van der Waals surface area contributed by atoms with E-state index in [1.807, 2.05) is 31.2 Å². The first-order valence-corrected chi connectivity index (χ1v) is 10.8. The molecule has 1 unspecified atom stereocenters. The number of anilines is 1. The zero-order valence-corrected chi connectivity index (χ0v) is 21.3. The summed E-state index contributed by atoms with van der Waals surface area (Å²) in [6.07, 6.45) is 1.03. The molecule has 174 valence electrons. The van der Waals surface area contributed by atoms with Crippen molar-refractivity contribution in [3.63, 3.8) is 0 Å². The quantitative estimate of drug-likeness (QED) is 0.262. The lowest BCUT2D eigenvalue weighted by Crippen LogP contribution is -2.37. The van der Waals surface area contributed by atoms with Gasteiger partial charge in [-0.2, -0.15) is 0 Å². The third kappa shape index (κ3) is 8.31. The molecule has 3 rings (SSSR count). The maximum absolute atomic E-state index is 11.3. The Bertz CT molecular complexity index is 914. The SMILES string of the molecule is CCNC(=NCc1cccc(NC(C)=O)c1)NCc1ccc(C)cc1OC1CCOC1.I. The van der Waals surface area contributed by atoms with Gasteiger partial charge in [0.1, 0.15) is 11.9 Å². The molecule has 1 aliphatic rings. The summed E-state index contributed by atoms with van der Waals surface area (Å²) in [6.45, 7) is 8.85. The Morgan fingerprint density at radius 1 is 1.22 bits per heavy atom. The second kappa shape index (κ2) is 13.3. The standard InChI is InChI=1S/C24H32N4O3.HI/c1-4-25-24(26-14-19-6-5-7-21(13-19)28-18(3)29)27-15-20-9-8-17(2)12-23(20)31-22-10-11-30-16-22;/h5-9,12-13,22H,4,10-11,14-16H2,1-3H3,(H,28,29)(H2,25,26,27);1H. The number of aliphatic imine (C=N–C) groups is 1. The van der Waals surface area contributed by atoms with Crippen LogP contribution in [0.2, 0.25) is 0 Å². The monoisotopic (exact) mass is 552 g/mol. The van der Waals surface area contributed by atoms with E-state index in [1.54, 1.807) is 0 Å². The number of rotatable bonds is 8. The van der Waals surface area contributed by atoms with Crippen LogP contribution in [0.15, 0.2) is 47.5 Å². The Labute approximate surface area is 207 Å². The molecule has 1 fully saturated rings. The van der Waals surface area contributed by atoms with Crippen molar-refractivity contribution in [1.82, 2.24) is 10.6 Å². The predicted molar refractivity (Wildman–Crippen MR) is 139 cm³/mol. The van der Waals surface area contributed by atoms with E-state index in [9.17, 15) is 4.79 Å². The van der Waals surface area contributed by atoms with Gasteiger partial charge in [-0.3, -0.25) is 4.79 Å². The van der Waals surface area contributed by atoms with E-state index < -0.39 is 0 Å². The first-order chi connectivity index (χ1) is 15.0. The summed E-state index contributed by atoms with van der Waals surface area (Å²) in [5.41, 5.74) is 4.03. The highest BCUT2D eigenvalue weighted by Crippen LogP contribution is 2.23. The van der Waals surface area contributed by atoms with Crippen LogP contribution in [0.25, 0.3) is 0 Å². The van der Waals surface area contributed by atoms with E-state index in [4.69, 9.17) is 14.5 Å². The van der Waals surface area contributed by atoms with Crippen LogP contribution in [-0.4, -0.2) is 37.7 Å². The summed E-state index contributed by atoms with van der Waals surface area (Å²) < 4.78 is 11.6. The minimum absolute atomic E-state index is 0. The average Bonchev–Trinajstić information content (AvgIpc) is 3.24. The maximum Gasteiger partial charge on any atom is 0.221 e. The Kier molecular flexibility index (Phi) is 10.8. The van der Waals surface area contributed by atoms with E-state index in [1.165, 1.54) is 6.92 Å². The summed E-state index contributed by atoms with van der Waals surface area (Å²) in [5, 5.41) is 9.48. The fourth-order valence-corrected chi connectivity index (χ4v) is 3.34. The molecule has 2 aromatic carbocycles.